The molecule has 1 spiro atoms. The van der Waals surface area contributed by atoms with Crippen LogP contribution in [0.2, 0.25) is 0 Å². The van der Waals surface area contributed by atoms with Gasteiger partial charge in [-0.25, -0.2) is 0 Å². The van der Waals surface area contributed by atoms with E-state index in [0.29, 0.717) is 23.3 Å². The molecule has 0 saturated carbocycles. The van der Waals surface area contributed by atoms with Crippen molar-refractivity contribution in [3.05, 3.63) is 0 Å². The van der Waals surface area contributed by atoms with Crippen LogP contribution in [0.25, 0.3) is 0 Å². The van der Waals surface area contributed by atoms with E-state index < -0.39 is 0 Å². The van der Waals surface area contributed by atoms with E-state index in [4.69, 9.17) is 0 Å². The normalized spacial score (nSPS) is 25.6. The van der Waals surface area contributed by atoms with Gasteiger partial charge in [0.1, 0.15) is 0 Å². The van der Waals surface area contributed by atoms with Gasteiger partial charge in [0, 0.05) is 32.1 Å². The van der Waals surface area contributed by atoms with Crippen molar-refractivity contribution in [2.24, 2.45) is 17.3 Å². The van der Waals surface area contributed by atoms with Crippen LogP contribution in [0.5, 0.6) is 0 Å². The van der Waals surface area contributed by atoms with Crippen LogP contribution < -0.4 is 0 Å². The van der Waals surface area contributed by atoms with Crippen molar-refractivity contribution in [1.82, 2.24) is 14.7 Å². The molecule has 0 atom stereocenters. The van der Waals surface area contributed by atoms with Crippen LogP contribution in [-0.2, 0) is 4.79 Å². The molecule has 27 heavy (non-hydrogen) atoms. The van der Waals surface area contributed by atoms with Crippen LogP contribution in [0.1, 0.15) is 72.6 Å². The summed E-state index contributed by atoms with van der Waals surface area (Å²) in [4.78, 5) is 19.9. The molecule has 3 saturated heterocycles. The van der Waals surface area contributed by atoms with Gasteiger partial charge in [0.15, 0.2) is 0 Å². The average molecular weight is 378 g/mol. The third kappa shape index (κ3) is 5.69. The SMILES string of the molecule is CC(C)CC(=O)N1CCC2(CCN(CC3CCN(C(C)C)CC3)CC2)CC1. The summed E-state index contributed by atoms with van der Waals surface area (Å²) >= 11 is 0. The maximum Gasteiger partial charge on any atom is 0.222 e. The molecule has 0 radical (unpaired) electrons. The maximum atomic E-state index is 12.3. The number of nitrogens with zero attached hydrogens (tertiary/aromatic N) is 3. The molecule has 0 bridgehead atoms. The average Bonchev–Trinajstić information content (AvgIpc) is 2.64. The number of carbonyl (C=O) groups excluding carboxylic acids is 1. The second-order valence-electron chi connectivity index (χ2n) is 10.4. The summed E-state index contributed by atoms with van der Waals surface area (Å²) in [6, 6.07) is 0.707. The van der Waals surface area contributed by atoms with Crippen molar-refractivity contribution >= 4 is 5.91 Å². The summed E-state index contributed by atoms with van der Waals surface area (Å²) in [5.74, 6) is 1.76. The molecule has 3 fully saturated rings. The molecule has 4 heteroatoms. The Bertz CT molecular complexity index is 464. The van der Waals surface area contributed by atoms with Crippen molar-refractivity contribution in [2.75, 3.05) is 45.8 Å². The molecule has 156 valence electrons. The first kappa shape index (κ1) is 21.1. The number of piperidine rings is 3. The van der Waals surface area contributed by atoms with Crippen LogP contribution in [0.3, 0.4) is 0 Å². The minimum Gasteiger partial charge on any atom is -0.343 e. The fourth-order valence-electron chi connectivity index (χ4n) is 5.44. The van der Waals surface area contributed by atoms with Gasteiger partial charge < -0.3 is 14.7 Å². The summed E-state index contributed by atoms with van der Waals surface area (Å²) in [7, 11) is 0. The Morgan fingerprint density at radius 2 is 1.44 bits per heavy atom. The Labute approximate surface area is 167 Å². The highest BCUT2D eigenvalue weighted by Crippen LogP contribution is 2.41. The third-order valence-corrected chi connectivity index (χ3v) is 7.57. The van der Waals surface area contributed by atoms with Gasteiger partial charge in [0.2, 0.25) is 5.91 Å². The van der Waals surface area contributed by atoms with Gasteiger partial charge in [-0.1, -0.05) is 13.8 Å². The van der Waals surface area contributed by atoms with Gasteiger partial charge in [-0.3, -0.25) is 4.79 Å². The van der Waals surface area contributed by atoms with Crippen LogP contribution in [0.15, 0.2) is 0 Å². The third-order valence-electron chi connectivity index (χ3n) is 7.57. The Kier molecular flexibility index (Phi) is 7.24. The Balaban J connectivity index is 1.38. The Hall–Kier alpha value is -0.610. The van der Waals surface area contributed by atoms with Crippen LogP contribution in [-0.4, -0.2) is 72.5 Å². The predicted molar refractivity (Wildman–Crippen MR) is 113 cm³/mol. The molecular weight excluding hydrogens is 334 g/mol. The Morgan fingerprint density at radius 3 is 1.96 bits per heavy atom. The molecule has 3 aliphatic rings. The number of amides is 1. The predicted octanol–water partition coefficient (Wildman–Crippen LogP) is 3.86. The van der Waals surface area contributed by atoms with Gasteiger partial charge in [-0.2, -0.15) is 0 Å². The standard InChI is InChI=1S/C23H43N3O/c1-19(2)17-22(27)26-15-9-23(10-16-26)7-13-24(14-8-23)18-21-5-11-25(12-6-21)20(3)4/h19-21H,5-18H2,1-4H3. The van der Waals surface area contributed by atoms with E-state index in [9.17, 15) is 4.79 Å². The van der Waals surface area contributed by atoms with E-state index >= 15 is 0 Å². The fraction of sp³-hybridized carbons (Fsp3) is 0.957. The van der Waals surface area contributed by atoms with E-state index in [-0.39, 0.29) is 0 Å². The lowest BCUT2D eigenvalue weighted by molar-refractivity contribution is -0.134. The highest BCUT2D eigenvalue weighted by Gasteiger charge is 2.38. The Morgan fingerprint density at radius 1 is 0.889 bits per heavy atom. The molecule has 0 aromatic rings. The molecule has 0 aromatic heterocycles. The second-order valence-corrected chi connectivity index (χ2v) is 10.4. The van der Waals surface area contributed by atoms with E-state index in [1.54, 1.807) is 0 Å². The topological polar surface area (TPSA) is 26.8 Å². The van der Waals surface area contributed by atoms with Gasteiger partial charge in [-0.05, 0) is 95.8 Å². The fourth-order valence-corrected chi connectivity index (χ4v) is 5.44. The minimum absolute atomic E-state index is 0.380. The second kappa shape index (κ2) is 9.26. The summed E-state index contributed by atoms with van der Waals surface area (Å²) in [6.07, 6.45) is 8.65. The monoisotopic (exact) mass is 377 g/mol. The molecule has 3 aliphatic heterocycles. The van der Waals surface area contributed by atoms with Crippen LogP contribution in [0, 0.1) is 17.3 Å². The van der Waals surface area contributed by atoms with Crippen molar-refractivity contribution in [1.29, 1.82) is 0 Å². The smallest absolute Gasteiger partial charge is 0.222 e. The van der Waals surface area contributed by atoms with E-state index in [1.807, 2.05) is 0 Å². The van der Waals surface area contributed by atoms with Gasteiger partial charge in [0.05, 0.1) is 0 Å². The number of likely N-dealkylation sites (tertiary alicyclic amines) is 3. The lowest BCUT2D eigenvalue weighted by Crippen LogP contribution is -2.49. The molecule has 0 aliphatic carbocycles. The van der Waals surface area contributed by atoms with Crippen molar-refractivity contribution in [3.8, 4) is 0 Å². The largest absolute Gasteiger partial charge is 0.343 e. The molecule has 0 aromatic carbocycles. The van der Waals surface area contributed by atoms with E-state index in [0.717, 1.165) is 25.4 Å². The zero-order chi connectivity index (χ0) is 19.4. The molecule has 3 rings (SSSR count). The summed E-state index contributed by atoms with van der Waals surface area (Å²) in [5, 5.41) is 0. The van der Waals surface area contributed by atoms with Gasteiger partial charge >= 0.3 is 0 Å². The first-order valence-electron chi connectivity index (χ1n) is 11.6. The van der Waals surface area contributed by atoms with Crippen molar-refractivity contribution in [3.63, 3.8) is 0 Å². The first-order chi connectivity index (χ1) is 12.9. The molecule has 4 nitrogen and oxygen atoms in total. The van der Waals surface area contributed by atoms with E-state index in [1.165, 1.54) is 71.2 Å². The minimum atomic E-state index is 0.380. The highest BCUT2D eigenvalue weighted by atomic mass is 16.2. The number of rotatable bonds is 5. The van der Waals surface area contributed by atoms with Crippen LogP contribution in [0.4, 0.5) is 0 Å². The summed E-state index contributed by atoms with van der Waals surface area (Å²) in [6.45, 7) is 17.4. The maximum absolute atomic E-state index is 12.3. The lowest BCUT2D eigenvalue weighted by atomic mass is 9.71. The zero-order valence-corrected chi connectivity index (χ0v) is 18.4. The molecular formula is C23H43N3O. The molecule has 0 N–H and O–H groups in total. The van der Waals surface area contributed by atoms with E-state index in [2.05, 4.69) is 42.4 Å². The van der Waals surface area contributed by atoms with Crippen molar-refractivity contribution < 1.29 is 4.79 Å². The lowest BCUT2D eigenvalue weighted by Gasteiger charge is -2.48. The number of hydrogen-bond acceptors (Lipinski definition) is 3. The molecule has 3 heterocycles. The first-order valence-corrected chi connectivity index (χ1v) is 11.6. The molecule has 1 amide bonds. The quantitative estimate of drug-likeness (QED) is 0.728. The van der Waals surface area contributed by atoms with Crippen LogP contribution >= 0.6 is 0 Å². The van der Waals surface area contributed by atoms with Crippen molar-refractivity contribution in [2.45, 2.75) is 78.7 Å². The summed E-state index contributed by atoms with van der Waals surface area (Å²) < 4.78 is 0. The summed E-state index contributed by atoms with van der Waals surface area (Å²) in [5.41, 5.74) is 0.534. The molecule has 0 unspecified atom stereocenters. The number of carbonyl (C=O) groups is 1. The van der Waals surface area contributed by atoms with Gasteiger partial charge in [0.25, 0.3) is 0 Å². The highest BCUT2D eigenvalue weighted by molar-refractivity contribution is 5.76. The zero-order valence-electron chi connectivity index (χ0n) is 18.4. The van der Waals surface area contributed by atoms with Gasteiger partial charge in [-0.15, -0.1) is 0 Å². The number of hydrogen-bond donors (Lipinski definition) is 0.